The van der Waals surface area contributed by atoms with Crippen LogP contribution in [0.1, 0.15) is 12.0 Å². The maximum Gasteiger partial charge on any atom is 0.279 e. The number of nitrogens with zero attached hydrogens (tertiary/aromatic N) is 1. The van der Waals surface area contributed by atoms with Gasteiger partial charge in [0.25, 0.3) is 5.92 Å². The number of ether oxygens (including phenoxy) is 1. The molecular formula is C18H17F2NO. The first kappa shape index (κ1) is 13.6. The third-order valence-electron chi connectivity index (χ3n) is 5.11. The summed E-state index contributed by atoms with van der Waals surface area (Å²) in [4.78, 5) is 1.87. The van der Waals surface area contributed by atoms with E-state index in [4.69, 9.17) is 4.74 Å². The zero-order valence-electron chi connectivity index (χ0n) is 12.3. The first-order valence-electron chi connectivity index (χ1n) is 7.44. The van der Waals surface area contributed by atoms with Gasteiger partial charge >= 0.3 is 0 Å². The van der Waals surface area contributed by atoms with Crippen molar-refractivity contribution in [2.45, 2.75) is 17.9 Å². The van der Waals surface area contributed by atoms with Crippen LogP contribution in [0.3, 0.4) is 0 Å². The highest BCUT2D eigenvalue weighted by Crippen LogP contribution is 2.67. The average molecular weight is 301 g/mol. The third-order valence-corrected chi connectivity index (χ3v) is 5.11. The smallest absolute Gasteiger partial charge is 0.279 e. The topological polar surface area (TPSA) is 12.5 Å². The second-order valence-electron chi connectivity index (χ2n) is 6.06. The van der Waals surface area contributed by atoms with Gasteiger partial charge in [0.2, 0.25) is 0 Å². The molecule has 0 N–H and O–H groups in total. The molecular weight excluding hydrogens is 284 g/mol. The number of rotatable bonds is 3. The molecule has 5 rings (SSSR count). The van der Waals surface area contributed by atoms with Crippen LogP contribution in [0.5, 0.6) is 5.75 Å². The predicted molar refractivity (Wildman–Crippen MR) is 81.5 cm³/mol. The lowest BCUT2D eigenvalue weighted by Gasteiger charge is -2.49. The molecule has 0 radical (unpaired) electrons. The molecule has 3 fully saturated rings. The van der Waals surface area contributed by atoms with Crippen molar-refractivity contribution in [3.8, 4) is 5.75 Å². The van der Waals surface area contributed by atoms with Crippen molar-refractivity contribution in [3.63, 3.8) is 0 Å². The van der Waals surface area contributed by atoms with Crippen LogP contribution >= 0.6 is 0 Å². The van der Waals surface area contributed by atoms with E-state index < -0.39 is 17.4 Å². The summed E-state index contributed by atoms with van der Waals surface area (Å²) in [5.74, 6) is -2.51. The van der Waals surface area contributed by atoms with Crippen LogP contribution in [0.25, 0.3) is 0 Å². The molecule has 1 saturated carbocycles. The average Bonchev–Trinajstić information content (AvgIpc) is 3.09. The Hall–Kier alpha value is -2.10. The van der Waals surface area contributed by atoms with Gasteiger partial charge in [0.05, 0.1) is 7.11 Å². The van der Waals surface area contributed by atoms with Gasteiger partial charge in [-0.1, -0.05) is 30.3 Å². The summed E-state index contributed by atoms with van der Waals surface area (Å²) in [6.07, 6.45) is 0.510. The fourth-order valence-corrected chi connectivity index (χ4v) is 3.94. The van der Waals surface area contributed by atoms with Gasteiger partial charge in [-0.3, -0.25) is 0 Å². The van der Waals surface area contributed by atoms with Crippen molar-refractivity contribution < 1.29 is 13.5 Å². The molecule has 22 heavy (non-hydrogen) atoms. The molecule has 2 aromatic rings. The Morgan fingerprint density at radius 1 is 1.05 bits per heavy atom. The maximum absolute atomic E-state index is 14.7. The maximum atomic E-state index is 14.7. The Bertz CT molecular complexity index is 686. The summed E-state index contributed by atoms with van der Waals surface area (Å²) in [5, 5.41) is 0. The van der Waals surface area contributed by atoms with Crippen LogP contribution in [0, 0.1) is 5.92 Å². The van der Waals surface area contributed by atoms with Crippen LogP contribution in [-0.4, -0.2) is 19.6 Å². The van der Waals surface area contributed by atoms with E-state index in [1.807, 2.05) is 59.5 Å². The fourth-order valence-electron chi connectivity index (χ4n) is 3.94. The van der Waals surface area contributed by atoms with Crippen LogP contribution in [-0.2, 0) is 5.54 Å². The highest BCUT2D eigenvalue weighted by atomic mass is 19.3. The predicted octanol–water partition coefficient (Wildman–Crippen LogP) is 4.07. The van der Waals surface area contributed by atoms with E-state index in [2.05, 4.69) is 0 Å². The highest BCUT2D eigenvalue weighted by Gasteiger charge is 2.77. The Morgan fingerprint density at radius 2 is 1.73 bits per heavy atom. The van der Waals surface area contributed by atoms with E-state index in [1.54, 1.807) is 7.11 Å². The van der Waals surface area contributed by atoms with Gasteiger partial charge in [0, 0.05) is 18.2 Å². The zero-order chi connectivity index (χ0) is 15.4. The van der Waals surface area contributed by atoms with Crippen molar-refractivity contribution in [2.75, 3.05) is 18.6 Å². The molecule has 114 valence electrons. The number of benzene rings is 2. The molecule has 0 amide bonds. The Kier molecular flexibility index (Phi) is 2.74. The van der Waals surface area contributed by atoms with Crippen molar-refractivity contribution >= 4 is 5.69 Å². The molecule has 2 atom stereocenters. The molecule has 0 spiro atoms. The summed E-state index contributed by atoms with van der Waals surface area (Å²) in [6.45, 7) is 0.397. The molecule has 0 unspecified atom stereocenters. The van der Waals surface area contributed by atoms with Gasteiger partial charge in [-0.05, 0) is 36.2 Å². The van der Waals surface area contributed by atoms with E-state index in [-0.39, 0.29) is 0 Å². The largest absolute Gasteiger partial charge is 0.497 e. The summed E-state index contributed by atoms with van der Waals surface area (Å²) < 4.78 is 34.6. The standard InChI is InChI=1S/C18H17F2NO/c1-22-16-9-7-15(8-10-16)21-12-14-11-17(21,18(14,19)20)13-5-3-2-4-6-13/h2-10,14H,11-12H2,1H3/t14-,17+/m1/s1. The lowest BCUT2D eigenvalue weighted by Crippen LogP contribution is -2.60. The molecule has 3 aliphatic rings. The Balaban J connectivity index is 1.79. The number of halogens is 2. The van der Waals surface area contributed by atoms with Crippen molar-refractivity contribution in [1.29, 1.82) is 0 Å². The van der Waals surface area contributed by atoms with Gasteiger partial charge in [-0.15, -0.1) is 0 Å². The van der Waals surface area contributed by atoms with Crippen LogP contribution in [0.4, 0.5) is 14.5 Å². The summed E-state index contributed by atoms with van der Waals surface area (Å²) >= 11 is 0. The number of fused-ring (bicyclic) bond motifs is 1. The SMILES string of the molecule is COc1ccc(N2C[C@H]3C[C@]2(c2ccccc2)C3(F)F)cc1. The minimum atomic E-state index is -2.69. The monoisotopic (exact) mass is 301 g/mol. The first-order valence-corrected chi connectivity index (χ1v) is 7.44. The van der Waals surface area contributed by atoms with E-state index in [9.17, 15) is 8.78 Å². The van der Waals surface area contributed by atoms with E-state index in [0.29, 0.717) is 18.5 Å². The molecule has 2 heterocycles. The number of hydrogen-bond donors (Lipinski definition) is 0. The zero-order valence-corrected chi connectivity index (χ0v) is 12.3. The van der Waals surface area contributed by atoms with Crippen LogP contribution in [0.15, 0.2) is 54.6 Å². The molecule has 0 aromatic heterocycles. The summed E-state index contributed by atoms with van der Waals surface area (Å²) in [6, 6.07) is 16.5. The van der Waals surface area contributed by atoms with E-state index >= 15 is 0 Å². The molecule has 2 nitrogen and oxygen atoms in total. The fraction of sp³-hybridized carbons (Fsp3) is 0.333. The molecule has 4 heteroatoms. The Labute approximate surface area is 128 Å². The molecule has 1 aliphatic carbocycles. The summed E-state index contributed by atoms with van der Waals surface area (Å²) in [5.41, 5.74) is 0.321. The van der Waals surface area contributed by atoms with Crippen LogP contribution < -0.4 is 9.64 Å². The van der Waals surface area contributed by atoms with Gasteiger partial charge in [-0.25, -0.2) is 8.78 Å². The van der Waals surface area contributed by atoms with Gasteiger partial charge in [0.1, 0.15) is 11.3 Å². The highest BCUT2D eigenvalue weighted by molar-refractivity contribution is 5.59. The Morgan fingerprint density at radius 3 is 2.32 bits per heavy atom. The van der Waals surface area contributed by atoms with Gasteiger partial charge in [-0.2, -0.15) is 0 Å². The molecule has 2 saturated heterocycles. The van der Waals surface area contributed by atoms with Crippen molar-refractivity contribution in [2.24, 2.45) is 5.92 Å². The second kappa shape index (κ2) is 4.45. The number of anilines is 1. The minimum Gasteiger partial charge on any atom is -0.497 e. The lowest BCUT2D eigenvalue weighted by molar-refractivity contribution is -0.166. The lowest BCUT2D eigenvalue weighted by atomic mass is 9.65. The van der Waals surface area contributed by atoms with Gasteiger partial charge in [0.15, 0.2) is 0 Å². The molecule has 2 aliphatic heterocycles. The molecule has 2 bridgehead atoms. The third kappa shape index (κ3) is 1.52. The minimum absolute atomic E-state index is 0.397. The summed E-state index contributed by atoms with van der Waals surface area (Å²) in [7, 11) is 1.60. The number of alkyl halides is 2. The number of hydrogen-bond acceptors (Lipinski definition) is 2. The number of methoxy groups -OCH3 is 1. The first-order chi connectivity index (χ1) is 10.6. The van der Waals surface area contributed by atoms with E-state index in [0.717, 1.165) is 11.4 Å². The normalized spacial score (nSPS) is 28.3. The quantitative estimate of drug-likeness (QED) is 0.847. The van der Waals surface area contributed by atoms with E-state index in [1.165, 1.54) is 0 Å². The molecule has 2 aromatic carbocycles. The van der Waals surface area contributed by atoms with Gasteiger partial charge < -0.3 is 9.64 Å². The van der Waals surface area contributed by atoms with Crippen molar-refractivity contribution in [3.05, 3.63) is 60.2 Å². The van der Waals surface area contributed by atoms with Crippen LogP contribution in [0.2, 0.25) is 0 Å². The van der Waals surface area contributed by atoms with Crippen molar-refractivity contribution in [1.82, 2.24) is 0 Å². The second-order valence-corrected chi connectivity index (χ2v) is 6.06.